The van der Waals surface area contributed by atoms with Gasteiger partial charge in [-0.15, -0.1) is 0 Å². The second-order valence-electron chi connectivity index (χ2n) is 6.43. The third-order valence-corrected chi connectivity index (χ3v) is 3.96. The Labute approximate surface area is 144 Å². The molecule has 1 fully saturated rings. The highest BCUT2D eigenvalue weighted by molar-refractivity contribution is 5.91. The summed E-state index contributed by atoms with van der Waals surface area (Å²) in [6.07, 6.45) is 5.78. The van der Waals surface area contributed by atoms with Gasteiger partial charge in [-0.3, -0.25) is 14.8 Å². The third kappa shape index (κ3) is 5.47. The Bertz CT molecular complexity index is 537. The first-order valence-electron chi connectivity index (χ1n) is 8.67. The van der Waals surface area contributed by atoms with Crippen molar-refractivity contribution in [2.24, 2.45) is 16.8 Å². The largest absolute Gasteiger partial charge is 0.357 e. The Morgan fingerprint density at radius 1 is 1.29 bits per heavy atom. The number of carbonyl (C=O) groups is 1. The molecule has 2 N–H and O–H groups in total. The Balaban J connectivity index is 1.86. The molecule has 0 bridgehead atoms. The van der Waals surface area contributed by atoms with Crippen LogP contribution in [0.3, 0.4) is 0 Å². The molecular weight excluding hydrogens is 304 g/mol. The molecule has 1 aromatic heterocycles. The van der Waals surface area contributed by atoms with E-state index in [1.165, 1.54) is 18.8 Å². The number of likely N-dealkylation sites (tertiary alicyclic amines) is 1. The number of hydrogen-bond acceptors (Lipinski definition) is 4. The molecule has 1 aromatic rings. The molecule has 7 heteroatoms. The summed E-state index contributed by atoms with van der Waals surface area (Å²) in [7, 11) is 0. The van der Waals surface area contributed by atoms with Crippen molar-refractivity contribution in [1.29, 1.82) is 0 Å². The fourth-order valence-corrected chi connectivity index (χ4v) is 3.10. The van der Waals surface area contributed by atoms with Gasteiger partial charge in [0.05, 0.1) is 12.7 Å². The lowest BCUT2D eigenvalue weighted by atomic mass is 9.92. The number of nitrogens with one attached hydrogen (secondary N) is 2. The number of carbonyl (C=O) groups excluding carboxylic acids is 1. The van der Waals surface area contributed by atoms with Crippen LogP contribution in [0, 0.1) is 11.8 Å². The van der Waals surface area contributed by atoms with Gasteiger partial charge in [-0.1, -0.05) is 13.8 Å². The lowest BCUT2D eigenvalue weighted by molar-refractivity contribution is 0.0949. The van der Waals surface area contributed by atoms with Gasteiger partial charge in [0, 0.05) is 38.6 Å². The minimum Gasteiger partial charge on any atom is -0.357 e. The average Bonchev–Trinajstić information content (AvgIpc) is 2.57. The van der Waals surface area contributed by atoms with Gasteiger partial charge in [-0.25, -0.2) is 4.98 Å². The summed E-state index contributed by atoms with van der Waals surface area (Å²) in [4.78, 5) is 26.8. The van der Waals surface area contributed by atoms with Gasteiger partial charge in [0.1, 0.15) is 5.69 Å². The van der Waals surface area contributed by atoms with Crippen LogP contribution in [-0.4, -0.2) is 59.5 Å². The summed E-state index contributed by atoms with van der Waals surface area (Å²) < 4.78 is 0. The second kappa shape index (κ2) is 9.20. The number of piperidine rings is 1. The molecule has 0 radical (unpaired) electrons. The average molecular weight is 332 g/mol. The Hall–Kier alpha value is -2.18. The number of rotatable bonds is 5. The predicted molar refractivity (Wildman–Crippen MR) is 94.9 cm³/mol. The van der Waals surface area contributed by atoms with Crippen molar-refractivity contribution in [3.8, 4) is 0 Å². The van der Waals surface area contributed by atoms with E-state index in [9.17, 15) is 4.79 Å². The zero-order valence-electron chi connectivity index (χ0n) is 14.8. The molecule has 1 saturated heterocycles. The van der Waals surface area contributed by atoms with Crippen molar-refractivity contribution in [2.75, 3.05) is 32.7 Å². The van der Waals surface area contributed by atoms with Crippen LogP contribution < -0.4 is 10.6 Å². The first-order chi connectivity index (χ1) is 11.6. The minimum absolute atomic E-state index is 0.219. The summed E-state index contributed by atoms with van der Waals surface area (Å²) in [6.45, 7) is 10.5. The molecule has 2 rings (SSSR count). The lowest BCUT2D eigenvalue weighted by Gasteiger charge is -2.37. The Morgan fingerprint density at radius 3 is 2.67 bits per heavy atom. The van der Waals surface area contributed by atoms with E-state index >= 15 is 0 Å². The highest BCUT2D eigenvalue weighted by Crippen LogP contribution is 2.20. The van der Waals surface area contributed by atoms with Gasteiger partial charge in [-0.2, -0.15) is 0 Å². The number of amides is 1. The van der Waals surface area contributed by atoms with Crippen LogP contribution in [0.5, 0.6) is 0 Å². The summed E-state index contributed by atoms with van der Waals surface area (Å²) in [6, 6.07) is 0. The molecule has 0 saturated carbocycles. The Morgan fingerprint density at radius 2 is 2.04 bits per heavy atom. The van der Waals surface area contributed by atoms with Gasteiger partial charge in [0.25, 0.3) is 5.91 Å². The molecule has 0 spiro atoms. The maximum absolute atomic E-state index is 11.9. The molecule has 24 heavy (non-hydrogen) atoms. The quantitative estimate of drug-likeness (QED) is 0.480. The van der Waals surface area contributed by atoms with Crippen molar-refractivity contribution in [2.45, 2.75) is 27.2 Å². The molecule has 0 aliphatic carbocycles. The van der Waals surface area contributed by atoms with Crippen molar-refractivity contribution in [1.82, 2.24) is 25.5 Å². The molecule has 2 heterocycles. The molecule has 2 atom stereocenters. The Kier molecular flexibility index (Phi) is 6.96. The van der Waals surface area contributed by atoms with Gasteiger partial charge in [0.2, 0.25) is 0 Å². The molecule has 0 aromatic carbocycles. The van der Waals surface area contributed by atoms with Gasteiger partial charge in [-0.05, 0) is 25.2 Å². The summed E-state index contributed by atoms with van der Waals surface area (Å²) in [5, 5.41) is 6.18. The third-order valence-electron chi connectivity index (χ3n) is 3.96. The van der Waals surface area contributed by atoms with Crippen molar-refractivity contribution in [3.63, 3.8) is 0 Å². The van der Waals surface area contributed by atoms with Crippen LogP contribution in [0.2, 0.25) is 0 Å². The SMILES string of the molecule is CCNC(=NCCNC(=O)c1cnccn1)N1CC(C)CC(C)C1. The molecule has 1 aliphatic heterocycles. The highest BCUT2D eigenvalue weighted by atomic mass is 16.1. The van der Waals surface area contributed by atoms with E-state index in [0.717, 1.165) is 25.6 Å². The highest BCUT2D eigenvalue weighted by Gasteiger charge is 2.23. The fourth-order valence-electron chi connectivity index (χ4n) is 3.10. The van der Waals surface area contributed by atoms with Crippen LogP contribution >= 0.6 is 0 Å². The lowest BCUT2D eigenvalue weighted by Crippen LogP contribution is -2.48. The molecule has 2 unspecified atom stereocenters. The number of aromatic nitrogens is 2. The summed E-state index contributed by atoms with van der Waals surface area (Å²) in [5.41, 5.74) is 0.326. The topological polar surface area (TPSA) is 82.5 Å². The number of hydrogen-bond donors (Lipinski definition) is 2. The van der Waals surface area contributed by atoms with Gasteiger partial charge < -0.3 is 15.5 Å². The van der Waals surface area contributed by atoms with Crippen molar-refractivity contribution in [3.05, 3.63) is 24.3 Å². The van der Waals surface area contributed by atoms with Crippen LogP contribution in [-0.2, 0) is 0 Å². The van der Waals surface area contributed by atoms with Gasteiger partial charge >= 0.3 is 0 Å². The summed E-state index contributed by atoms with van der Waals surface area (Å²) in [5.74, 6) is 2.07. The number of guanidine groups is 1. The normalized spacial score (nSPS) is 21.5. The first-order valence-corrected chi connectivity index (χ1v) is 8.67. The van der Waals surface area contributed by atoms with Gasteiger partial charge in [0.15, 0.2) is 5.96 Å². The van der Waals surface area contributed by atoms with Crippen LogP contribution in [0.4, 0.5) is 0 Å². The zero-order chi connectivity index (χ0) is 17.4. The fraction of sp³-hybridized carbons (Fsp3) is 0.647. The first kappa shape index (κ1) is 18.2. The van der Waals surface area contributed by atoms with E-state index in [1.807, 2.05) is 0 Å². The van der Waals surface area contributed by atoms with Crippen molar-refractivity contribution >= 4 is 11.9 Å². The van der Waals surface area contributed by atoms with E-state index in [1.54, 1.807) is 6.20 Å². The predicted octanol–water partition coefficient (Wildman–Crippen LogP) is 1.15. The van der Waals surface area contributed by atoms with E-state index in [2.05, 4.69) is 51.3 Å². The van der Waals surface area contributed by atoms with Crippen LogP contribution in [0.1, 0.15) is 37.7 Å². The second-order valence-corrected chi connectivity index (χ2v) is 6.43. The molecular formula is C17H28N6O. The molecule has 1 aliphatic rings. The maximum Gasteiger partial charge on any atom is 0.271 e. The van der Waals surface area contributed by atoms with Crippen LogP contribution in [0.25, 0.3) is 0 Å². The molecule has 7 nitrogen and oxygen atoms in total. The summed E-state index contributed by atoms with van der Waals surface area (Å²) >= 11 is 0. The maximum atomic E-state index is 11.9. The number of nitrogens with zero attached hydrogens (tertiary/aromatic N) is 4. The molecule has 1 amide bonds. The van der Waals surface area contributed by atoms with Crippen LogP contribution in [0.15, 0.2) is 23.6 Å². The molecule has 132 valence electrons. The van der Waals surface area contributed by atoms with E-state index in [-0.39, 0.29) is 5.91 Å². The number of aliphatic imine (C=N–C) groups is 1. The zero-order valence-corrected chi connectivity index (χ0v) is 14.8. The monoisotopic (exact) mass is 332 g/mol. The minimum atomic E-state index is -0.219. The smallest absolute Gasteiger partial charge is 0.271 e. The van der Waals surface area contributed by atoms with E-state index < -0.39 is 0 Å². The van der Waals surface area contributed by atoms with Crippen molar-refractivity contribution < 1.29 is 4.79 Å². The van der Waals surface area contributed by atoms with E-state index in [0.29, 0.717) is 30.6 Å². The van der Waals surface area contributed by atoms with E-state index in [4.69, 9.17) is 0 Å². The standard InChI is InChI=1S/C17H28N6O/c1-4-19-17(23-11-13(2)9-14(3)12-23)22-8-7-21-16(24)15-10-18-5-6-20-15/h5-6,10,13-14H,4,7-9,11-12H2,1-3H3,(H,19,22)(H,21,24).